The van der Waals surface area contributed by atoms with Crippen LogP contribution in [0.3, 0.4) is 0 Å². The van der Waals surface area contributed by atoms with Crippen molar-refractivity contribution in [1.29, 1.82) is 0 Å². The van der Waals surface area contributed by atoms with Gasteiger partial charge in [0.05, 0.1) is 11.8 Å². The van der Waals surface area contributed by atoms with Gasteiger partial charge < -0.3 is 34.5 Å². The molecule has 0 unspecified atom stereocenters. The van der Waals surface area contributed by atoms with Crippen molar-refractivity contribution in [2.45, 2.75) is 126 Å². The zero-order valence-electron chi connectivity index (χ0n) is 33.9. The molecular weight excluding hydrogens is 793 g/mol. The Kier molecular flexibility index (Phi) is 11.5. The van der Waals surface area contributed by atoms with Gasteiger partial charge in [-0.2, -0.15) is 0 Å². The molecule has 7 atom stereocenters. The summed E-state index contributed by atoms with van der Waals surface area (Å²) < 4.78 is 80.3. The normalized spacial score (nSPS) is 29.5. The Labute approximate surface area is 342 Å². The fourth-order valence-corrected chi connectivity index (χ4v) is 9.55. The van der Waals surface area contributed by atoms with Gasteiger partial charge in [-0.25, -0.2) is 27.0 Å². The lowest BCUT2D eigenvalue weighted by Gasteiger charge is -2.35. The number of sulfonamides is 1. The summed E-state index contributed by atoms with van der Waals surface area (Å²) in [5, 5.41) is 6.03. The van der Waals surface area contributed by atoms with Gasteiger partial charge in [0.15, 0.2) is 17.1 Å². The predicted molar refractivity (Wildman–Crippen MR) is 210 cm³/mol. The van der Waals surface area contributed by atoms with E-state index >= 15 is 0 Å². The van der Waals surface area contributed by atoms with E-state index < -0.39 is 86.2 Å². The molecule has 1 aromatic heterocycles. The predicted octanol–water partition coefficient (Wildman–Crippen LogP) is 4.77. The number of allylic oxidation sites excluding steroid dienone is 1. The smallest absolute Gasteiger partial charge is 0.408 e. The summed E-state index contributed by atoms with van der Waals surface area (Å²) in [7, 11) is -3.96. The number of nitrogens with one attached hydrogen (secondary N) is 3. The fraction of sp³-hybridized carbons (Fsp3) is 0.634. The summed E-state index contributed by atoms with van der Waals surface area (Å²) in [6.45, 7) is 7.23. The first-order valence-electron chi connectivity index (χ1n) is 20.4. The van der Waals surface area contributed by atoms with Gasteiger partial charge in [-0.3, -0.25) is 19.1 Å². The van der Waals surface area contributed by atoms with Gasteiger partial charge in [0.1, 0.15) is 36.9 Å². The van der Waals surface area contributed by atoms with Crippen molar-refractivity contribution in [3.63, 3.8) is 0 Å². The van der Waals surface area contributed by atoms with Crippen molar-refractivity contribution in [3.8, 4) is 17.4 Å². The van der Waals surface area contributed by atoms with E-state index in [0.717, 1.165) is 13.8 Å². The van der Waals surface area contributed by atoms with Crippen molar-refractivity contribution in [2.24, 2.45) is 17.8 Å². The van der Waals surface area contributed by atoms with Crippen molar-refractivity contribution in [1.82, 2.24) is 25.2 Å². The first-order chi connectivity index (χ1) is 27.8. The molecular formula is C41H53F2N5O10S. The molecule has 1 saturated heterocycles. The van der Waals surface area contributed by atoms with E-state index in [1.807, 2.05) is 26.0 Å². The number of amides is 4. The molecule has 18 heteroatoms. The van der Waals surface area contributed by atoms with Crippen LogP contribution in [0.25, 0.3) is 10.8 Å². The largest absolute Gasteiger partial charge is 0.486 e. The first kappa shape index (κ1) is 42.4. The second kappa shape index (κ2) is 16.0. The standard InChI is InChI=1S/C41H53F2N5O10S/c1-6-24-19-23(2)9-7-8-10-25-21-41(25,37(51)47-59(53,54)27-11-12-27)46-34(49)30-20-26(22-48(30)36(50)32(24)45-38(52)58-39(3,4)40(5,42)43)57-35-29-13-14-31-33(56-18-17-55-31)28(29)15-16-44-35/h8,10,13-16,23-27,30,32H,6-7,9,11-12,17-22H2,1-5H3,(H,45,52)(H,46,49)(H,47,51)/b10-8-/t23-,24+,25+,26+,30-,32-,41+/m0/s1. The number of benzene rings is 1. The Bertz CT molecular complexity index is 2130. The minimum Gasteiger partial charge on any atom is -0.486 e. The lowest BCUT2D eigenvalue weighted by molar-refractivity contribution is -0.152. The molecule has 0 spiro atoms. The zero-order valence-corrected chi connectivity index (χ0v) is 34.7. The van der Waals surface area contributed by atoms with Gasteiger partial charge in [0.25, 0.3) is 11.8 Å². The monoisotopic (exact) mass is 845 g/mol. The highest BCUT2D eigenvalue weighted by Crippen LogP contribution is 2.47. The Morgan fingerprint density at radius 3 is 2.53 bits per heavy atom. The third kappa shape index (κ3) is 8.78. The second-order valence-electron chi connectivity index (χ2n) is 17.2. The minimum atomic E-state index is -3.96. The van der Waals surface area contributed by atoms with Crippen LogP contribution in [0, 0.1) is 17.8 Å². The number of pyridine rings is 1. The molecule has 3 N–H and O–H groups in total. The van der Waals surface area contributed by atoms with Gasteiger partial charge in [0.2, 0.25) is 27.7 Å². The first-order valence-corrected chi connectivity index (χ1v) is 21.9. The molecule has 0 bridgehead atoms. The molecule has 15 nitrogen and oxygen atoms in total. The fourth-order valence-electron chi connectivity index (χ4n) is 8.18. The quantitative estimate of drug-likeness (QED) is 0.295. The maximum absolute atomic E-state index is 15.0. The van der Waals surface area contributed by atoms with Crippen LogP contribution in [-0.2, 0) is 29.1 Å². The number of alkyl halides is 2. The van der Waals surface area contributed by atoms with Crippen LogP contribution in [0.5, 0.6) is 17.4 Å². The summed E-state index contributed by atoms with van der Waals surface area (Å²) in [6, 6.07) is 2.71. The molecule has 4 amide bonds. The van der Waals surface area contributed by atoms with Crippen molar-refractivity contribution in [3.05, 3.63) is 36.5 Å². The van der Waals surface area contributed by atoms with Crippen molar-refractivity contribution < 1.29 is 55.3 Å². The van der Waals surface area contributed by atoms with Crippen LogP contribution in [0.15, 0.2) is 36.5 Å². The number of hydrogen-bond donors (Lipinski definition) is 3. The van der Waals surface area contributed by atoms with E-state index in [0.29, 0.717) is 80.9 Å². The Morgan fingerprint density at radius 1 is 1.07 bits per heavy atom. The van der Waals surface area contributed by atoms with Crippen molar-refractivity contribution in [2.75, 3.05) is 19.8 Å². The second-order valence-corrected chi connectivity index (χ2v) is 19.1. The molecule has 5 aliphatic rings. The van der Waals surface area contributed by atoms with E-state index in [4.69, 9.17) is 18.9 Å². The lowest BCUT2D eigenvalue weighted by atomic mass is 9.85. The highest BCUT2D eigenvalue weighted by molar-refractivity contribution is 7.91. The van der Waals surface area contributed by atoms with E-state index in [9.17, 15) is 36.4 Å². The number of fused-ring (bicyclic) bond motifs is 5. The molecule has 2 aliphatic carbocycles. The van der Waals surface area contributed by atoms with Crippen LogP contribution in [0.2, 0.25) is 0 Å². The van der Waals surface area contributed by atoms with E-state index in [2.05, 4.69) is 20.3 Å². The van der Waals surface area contributed by atoms with Gasteiger partial charge >= 0.3 is 6.09 Å². The molecule has 7 rings (SSSR count). The Morgan fingerprint density at radius 2 is 1.81 bits per heavy atom. The zero-order chi connectivity index (χ0) is 42.5. The molecule has 2 aromatic rings. The van der Waals surface area contributed by atoms with Crippen LogP contribution < -0.4 is 29.6 Å². The number of carbonyl (C=O) groups excluding carboxylic acids is 4. The highest BCUT2D eigenvalue weighted by Gasteiger charge is 2.62. The van der Waals surface area contributed by atoms with Gasteiger partial charge in [0, 0.05) is 36.2 Å². The minimum absolute atomic E-state index is 0.0259. The molecule has 4 heterocycles. The van der Waals surface area contributed by atoms with Crippen LogP contribution >= 0.6 is 0 Å². The van der Waals surface area contributed by atoms with Crippen LogP contribution in [0.4, 0.5) is 13.6 Å². The molecule has 2 saturated carbocycles. The molecule has 0 radical (unpaired) electrons. The number of nitrogens with zero attached hydrogens (tertiary/aromatic N) is 2. The van der Waals surface area contributed by atoms with Crippen LogP contribution in [-0.4, -0.2) is 102 Å². The average Bonchev–Trinajstić information content (AvgIpc) is 4.10. The molecule has 3 fully saturated rings. The molecule has 59 heavy (non-hydrogen) atoms. The third-order valence-electron chi connectivity index (χ3n) is 12.3. The molecule has 322 valence electrons. The number of ether oxygens (including phenoxy) is 4. The van der Waals surface area contributed by atoms with Gasteiger partial charge in [-0.1, -0.05) is 32.4 Å². The lowest BCUT2D eigenvalue weighted by Crippen LogP contribution is -2.59. The third-order valence-corrected chi connectivity index (χ3v) is 14.2. The van der Waals surface area contributed by atoms with Gasteiger partial charge in [-0.15, -0.1) is 0 Å². The number of alkyl carbamates (subject to hydrolysis) is 1. The summed E-state index contributed by atoms with van der Waals surface area (Å²) in [4.78, 5) is 62.6. The average molecular weight is 846 g/mol. The topological polar surface area (TPSA) is 192 Å². The number of hydrogen-bond acceptors (Lipinski definition) is 11. The van der Waals surface area contributed by atoms with E-state index in [1.165, 1.54) is 4.90 Å². The maximum atomic E-state index is 15.0. The van der Waals surface area contributed by atoms with E-state index in [1.54, 1.807) is 24.4 Å². The number of aromatic nitrogens is 1. The van der Waals surface area contributed by atoms with Gasteiger partial charge in [-0.05, 0) is 82.4 Å². The Hall–Kier alpha value is -4.74. The number of halogens is 2. The molecule has 3 aliphatic heterocycles. The highest BCUT2D eigenvalue weighted by atomic mass is 32.2. The van der Waals surface area contributed by atoms with E-state index in [-0.39, 0.29) is 31.2 Å². The Balaban J connectivity index is 1.24. The van der Waals surface area contributed by atoms with Crippen LogP contribution in [0.1, 0.15) is 86.0 Å². The summed E-state index contributed by atoms with van der Waals surface area (Å²) in [5.41, 5.74) is -3.82. The summed E-state index contributed by atoms with van der Waals surface area (Å²) >= 11 is 0. The maximum Gasteiger partial charge on any atom is 0.408 e. The van der Waals surface area contributed by atoms with Crippen molar-refractivity contribution >= 4 is 44.6 Å². The summed E-state index contributed by atoms with van der Waals surface area (Å²) in [5.74, 6) is -5.36. The SMILES string of the molecule is CC[C@@H]1C[C@@H](C)CC/C=C\[C@@H]2C[C@@]2(C(=O)NS(=O)(=O)C2CC2)NC(=O)[C@@H]2C[C@@H](Oc3nccc4c5c(ccc34)OCCO5)CN2C(=O)[C@H]1NC(=O)OC(C)(C)C(C)(F)F. The summed E-state index contributed by atoms with van der Waals surface area (Å²) in [6.07, 6.45) is 6.26. The number of rotatable bonds is 9. The number of carbonyl (C=O) groups is 4. The molecule has 1 aromatic carbocycles.